The molecule has 26 heavy (non-hydrogen) atoms. The zero-order valence-corrected chi connectivity index (χ0v) is 17.4. The Morgan fingerprint density at radius 2 is 1.38 bits per heavy atom. The highest BCUT2D eigenvalue weighted by Gasteiger charge is 2.35. The smallest absolute Gasteiger partial charge is 0.191 e. The Kier molecular flexibility index (Phi) is 9.20. The molecule has 0 radical (unpaired) electrons. The molecule has 0 aromatic heterocycles. The Labute approximate surface area is 160 Å². The molecule has 0 heterocycles. The predicted molar refractivity (Wildman–Crippen MR) is 109 cm³/mol. The van der Waals surface area contributed by atoms with Gasteiger partial charge in [0.15, 0.2) is 5.96 Å². The molecule has 2 rings (SSSR count). The molecular formula is C21H41N3O2. The molecule has 2 N–H and O–H groups in total. The number of nitrogens with zero attached hydrogens (tertiary/aromatic N) is 1. The fourth-order valence-electron chi connectivity index (χ4n) is 4.79. The van der Waals surface area contributed by atoms with Crippen LogP contribution in [0.2, 0.25) is 0 Å². The minimum absolute atomic E-state index is 0.383. The third-order valence-electron chi connectivity index (χ3n) is 6.63. The van der Waals surface area contributed by atoms with E-state index in [9.17, 15) is 0 Å². The molecule has 0 aromatic carbocycles. The molecule has 2 aliphatic carbocycles. The minimum atomic E-state index is 0.383. The average molecular weight is 368 g/mol. The van der Waals surface area contributed by atoms with Gasteiger partial charge in [-0.2, -0.15) is 0 Å². The van der Waals surface area contributed by atoms with Crippen LogP contribution in [-0.4, -0.2) is 53.0 Å². The van der Waals surface area contributed by atoms with Crippen molar-refractivity contribution in [3.8, 4) is 0 Å². The first-order valence-electron chi connectivity index (χ1n) is 10.7. The molecule has 0 atom stereocenters. The number of nitrogens with one attached hydrogen (secondary N) is 2. The molecule has 0 bridgehead atoms. The molecule has 2 saturated carbocycles. The zero-order valence-electron chi connectivity index (χ0n) is 17.4. The summed E-state index contributed by atoms with van der Waals surface area (Å²) in [4.78, 5) is 4.48. The first-order valence-corrected chi connectivity index (χ1v) is 10.7. The molecule has 5 heteroatoms. The Bertz CT molecular complexity index is 413. The van der Waals surface area contributed by atoms with E-state index in [1.54, 1.807) is 7.11 Å². The highest BCUT2D eigenvalue weighted by molar-refractivity contribution is 5.79. The maximum atomic E-state index is 5.63. The van der Waals surface area contributed by atoms with Gasteiger partial charge in [-0.1, -0.05) is 25.7 Å². The summed E-state index contributed by atoms with van der Waals surface area (Å²) in [7, 11) is 3.69. The number of guanidine groups is 1. The molecule has 0 spiro atoms. The van der Waals surface area contributed by atoms with E-state index in [0.717, 1.165) is 51.7 Å². The number of aliphatic imine (C=N–C) groups is 1. The molecule has 2 fully saturated rings. The summed E-state index contributed by atoms with van der Waals surface area (Å²) >= 11 is 0. The third-order valence-corrected chi connectivity index (χ3v) is 6.63. The first kappa shape index (κ1) is 21.5. The van der Waals surface area contributed by atoms with E-state index in [4.69, 9.17) is 9.47 Å². The zero-order chi connectivity index (χ0) is 18.7. The second-order valence-electron chi connectivity index (χ2n) is 8.38. The van der Waals surface area contributed by atoms with Crippen molar-refractivity contribution in [3.05, 3.63) is 0 Å². The van der Waals surface area contributed by atoms with Gasteiger partial charge in [0.2, 0.25) is 0 Å². The van der Waals surface area contributed by atoms with Crippen LogP contribution in [0.5, 0.6) is 0 Å². The SMILES string of the molecule is CCOCCC1(CNC(=NC)NCC2(CCOC)CCCC2)CCCC1. The fourth-order valence-corrected chi connectivity index (χ4v) is 4.79. The summed E-state index contributed by atoms with van der Waals surface area (Å²) in [6, 6.07) is 0. The lowest BCUT2D eigenvalue weighted by Crippen LogP contribution is -2.46. The highest BCUT2D eigenvalue weighted by Crippen LogP contribution is 2.41. The molecule has 5 nitrogen and oxygen atoms in total. The third kappa shape index (κ3) is 6.41. The second kappa shape index (κ2) is 11.1. The van der Waals surface area contributed by atoms with E-state index in [0.29, 0.717) is 10.8 Å². The summed E-state index contributed by atoms with van der Waals surface area (Å²) in [6.07, 6.45) is 12.9. The minimum Gasteiger partial charge on any atom is -0.385 e. The lowest BCUT2D eigenvalue weighted by Gasteiger charge is -2.32. The monoisotopic (exact) mass is 367 g/mol. The number of hydrogen-bond donors (Lipinski definition) is 2. The van der Waals surface area contributed by atoms with Crippen LogP contribution >= 0.6 is 0 Å². The quantitative estimate of drug-likeness (QED) is 0.332. The number of methoxy groups -OCH3 is 1. The van der Waals surface area contributed by atoms with Crippen LogP contribution in [0.25, 0.3) is 0 Å². The van der Waals surface area contributed by atoms with Crippen LogP contribution in [0, 0.1) is 10.8 Å². The Balaban J connectivity index is 1.82. The van der Waals surface area contributed by atoms with Crippen LogP contribution in [0.1, 0.15) is 71.1 Å². The van der Waals surface area contributed by atoms with Crippen molar-refractivity contribution in [2.75, 3.05) is 47.1 Å². The Morgan fingerprint density at radius 1 is 0.885 bits per heavy atom. The summed E-state index contributed by atoms with van der Waals surface area (Å²) in [5.41, 5.74) is 0.765. The Morgan fingerprint density at radius 3 is 1.81 bits per heavy atom. The van der Waals surface area contributed by atoms with Crippen molar-refractivity contribution in [1.82, 2.24) is 10.6 Å². The Hall–Kier alpha value is -0.810. The van der Waals surface area contributed by atoms with E-state index < -0.39 is 0 Å². The fraction of sp³-hybridized carbons (Fsp3) is 0.952. The lowest BCUT2D eigenvalue weighted by atomic mass is 9.82. The van der Waals surface area contributed by atoms with Gasteiger partial charge in [0, 0.05) is 47.1 Å². The van der Waals surface area contributed by atoms with Crippen LogP contribution in [0.3, 0.4) is 0 Å². The van der Waals surface area contributed by atoms with Crippen LogP contribution in [0.15, 0.2) is 4.99 Å². The van der Waals surface area contributed by atoms with Crippen molar-refractivity contribution in [2.24, 2.45) is 15.8 Å². The van der Waals surface area contributed by atoms with E-state index in [-0.39, 0.29) is 0 Å². The maximum absolute atomic E-state index is 5.63. The average Bonchev–Trinajstić information content (AvgIpc) is 3.31. The van der Waals surface area contributed by atoms with Gasteiger partial charge in [0.05, 0.1) is 0 Å². The van der Waals surface area contributed by atoms with Gasteiger partial charge in [-0.15, -0.1) is 0 Å². The molecule has 0 aliphatic heterocycles. The summed E-state index contributed by atoms with van der Waals surface area (Å²) in [5, 5.41) is 7.25. The number of hydrogen-bond acceptors (Lipinski definition) is 3. The van der Waals surface area contributed by atoms with Gasteiger partial charge < -0.3 is 20.1 Å². The molecule has 0 aromatic rings. The van der Waals surface area contributed by atoms with Gasteiger partial charge in [-0.3, -0.25) is 4.99 Å². The molecular weight excluding hydrogens is 326 g/mol. The van der Waals surface area contributed by atoms with Crippen molar-refractivity contribution in [2.45, 2.75) is 71.1 Å². The van der Waals surface area contributed by atoms with Crippen molar-refractivity contribution in [3.63, 3.8) is 0 Å². The largest absolute Gasteiger partial charge is 0.385 e. The van der Waals surface area contributed by atoms with Crippen molar-refractivity contribution in [1.29, 1.82) is 0 Å². The molecule has 0 saturated heterocycles. The van der Waals surface area contributed by atoms with Gasteiger partial charge in [0.25, 0.3) is 0 Å². The normalized spacial score (nSPS) is 21.9. The number of rotatable bonds is 11. The molecule has 0 amide bonds. The van der Waals surface area contributed by atoms with Gasteiger partial charge in [-0.25, -0.2) is 0 Å². The van der Waals surface area contributed by atoms with Gasteiger partial charge in [0.1, 0.15) is 0 Å². The standard InChI is InChI=1S/C21H41N3O2/c1-4-26-16-14-21(11-7-8-12-21)18-24-19(22-2)23-17-20(13-15-25-3)9-5-6-10-20/h4-18H2,1-3H3,(H2,22,23,24). The van der Waals surface area contributed by atoms with Gasteiger partial charge >= 0.3 is 0 Å². The lowest BCUT2D eigenvalue weighted by molar-refractivity contribution is 0.105. The number of ether oxygens (including phenoxy) is 2. The van der Waals surface area contributed by atoms with E-state index >= 15 is 0 Å². The second-order valence-corrected chi connectivity index (χ2v) is 8.38. The van der Waals surface area contributed by atoms with E-state index in [2.05, 4.69) is 22.5 Å². The van der Waals surface area contributed by atoms with Crippen LogP contribution in [0.4, 0.5) is 0 Å². The van der Waals surface area contributed by atoms with E-state index in [1.807, 2.05) is 7.05 Å². The van der Waals surface area contributed by atoms with Gasteiger partial charge in [-0.05, 0) is 56.3 Å². The van der Waals surface area contributed by atoms with E-state index in [1.165, 1.54) is 51.4 Å². The molecule has 0 unspecified atom stereocenters. The predicted octanol–water partition coefficient (Wildman–Crippen LogP) is 3.74. The highest BCUT2D eigenvalue weighted by atomic mass is 16.5. The van der Waals surface area contributed by atoms with Crippen molar-refractivity contribution >= 4 is 5.96 Å². The summed E-state index contributed by atoms with van der Waals surface area (Å²) in [5.74, 6) is 0.955. The van der Waals surface area contributed by atoms with Crippen LogP contribution in [-0.2, 0) is 9.47 Å². The topological polar surface area (TPSA) is 54.9 Å². The summed E-state index contributed by atoms with van der Waals surface area (Å²) in [6.45, 7) is 6.63. The molecule has 2 aliphatic rings. The van der Waals surface area contributed by atoms with Crippen LogP contribution < -0.4 is 10.6 Å². The van der Waals surface area contributed by atoms with Crippen molar-refractivity contribution < 1.29 is 9.47 Å². The molecule has 152 valence electrons. The maximum Gasteiger partial charge on any atom is 0.191 e. The first-order chi connectivity index (χ1) is 12.7. The summed E-state index contributed by atoms with van der Waals surface area (Å²) < 4.78 is 11.0.